The van der Waals surface area contributed by atoms with E-state index >= 15 is 0 Å². The maximum absolute atomic E-state index is 12.7. The molecule has 6 heteroatoms. The fourth-order valence-corrected chi connectivity index (χ4v) is 3.89. The van der Waals surface area contributed by atoms with Gasteiger partial charge in [0.05, 0.1) is 11.8 Å². The van der Waals surface area contributed by atoms with Gasteiger partial charge in [-0.2, -0.15) is 5.10 Å². The molecule has 0 radical (unpaired) electrons. The van der Waals surface area contributed by atoms with Crippen molar-refractivity contribution in [3.8, 4) is 11.5 Å². The summed E-state index contributed by atoms with van der Waals surface area (Å²) in [4.78, 5) is 25.4. The van der Waals surface area contributed by atoms with Crippen LogP contribution in [0.2, 0.25) is 0 Å². The van der Waals surface area contributed by atoms with Crippen molar-refractivity contribution < 1.29 is 19.1 Å². The van der Waals surface area contributed by atoms with Gasteiger partial charge in [-0.05, 0) is 58.8 Å². The van der Waals surface area contributed by atoms with Gasteiger partial charge in [-0.3, -0.25) is 4.79 Å². The topological polar surface area (TPSA) is 77.0 Å². The number of carbonyl (C=O) groups excluding carboxylic acids is 2. The summed E-state index contributed by atoms with van der Waals surface area (Å²) >= 11 is 0. The number of fused-ring (bicyclic) bond motifs is 1. The molecule has 0 heterocycles. The average Bonchev–Trinajstić information content (AvgIpc) is 2.98. The molecule has 5 aromatic carbocycles. The fourth-order valence-electron chi connectivity index (χ4n) is 3.89. The van der Waals surface area contributed by atoms with E-state index in [0.717, 1.165) is 16.3 Å². The van der Waals surface area contributed by atoms with Gasteiger partial charge in [-0.1, -0.05) is 78.9 Å². The van der Waals surface area contributed by atoms with E-state index in [9.17, 15) is 9.59 Å². The molecule has 186 valence electrons. The zero-order valence-electron chi connectivity index (χ0n) is 20.4. The van der Waals surface area contributed by atoms with Gasteiger partial charge in [0.1, 0.15) is 18.1 Å². The maximum Gasteiger partial charge on any atom is 0.343 e. The van der Waals surface area contributed by atoms with Crippen LogP contribution >= 0.6 is 0 Å². The molecule has 0 aliphatic carbocycles. The van der Waals surface area contributed by atoms with Crippen LogP contribution in [0.5, 0.6) is 11.5 Å². The first-order valence-corrected chi connectivity index (χ1v) is 12.1. The number of amides is 1. The minimum atomic E-state index is -0.478. The first kappa shape index (κ1) is 24.5. The van der Waals surface area contributed by atoms with Gasteiger partial charge in [0.15, 0.2) is 0 Å². The molecule has 0 aliphatic heterocycles. The van der Waals surface area contributed by atoms with E-state index in [1.807, 2.05) is 66.7 Å². The second-order valence-corrected chi connectivity index (χ2v) is 8.45. The molecule has 0 saturated carbocycles. The van der Waals surface area contributed by atoms with Crippen LogP contribution in [0.1, 0.15) is 31.8 Å². The molecule has 0 saturated heterocycles. The van der Waals surface area contributed by atoms with Gasteiger partial charge < -0.3 is 9.47 Å². The number of hydrogen-bond donors (Lipinski definition) is 1. The van der Waals surface area contributed by atoms with Crippen molar-refractivity contribution in [3.63, 3.8) is 0 Å². The monoisotopic (exact) mass is 500 g/mol. The van der Waals surface area contributed by atoms with Crippen LogP contribution in [0.4, 0.5) is 0 Å². The molecule has 1 amide bonds. The molecule has 38 heavy (non-hydrogen) atoms. The normalized spacial score (nSPS) is 10.8. The van der Waals surface area contributed by atoms with Crippen LogP contribution in [0.25, 0.3) is 10.8 Å². The Hall–Kier alpha value is -5.23. The summed E-state index contributed by atoms with van der Waals surface area (Å²) in [6.07, 6.45) is 1.49. The van der Waals surface area contributed by atoms with Crippen molar-refractivity contribution in [1.29, 1.82) is 0 Å². The quantitative estimate of drug-likeness (QED) is 0.116. The lowest BCUT2D eigenvalue weighted by Crippen LogP contribution is -2.17. The number of ether oxygens (including phenoxy) is 2. The summed E-state index contributed by atoms with van der Waals surface area (Å²) < 4.78 is 11.5. The summed E-state index contributed by atoms with van der Waals surface area (Å²) in [6, 6.07) is 36.7. The third-order valence-electron chi connectivity index (χ3n) is 5.87. The Morgan fingerprint density at radius 1 is 0.711 bits per heavy atom. The van der Waals surface area contributed by atoms with E-state index in [2.05, 4.69) is 10.5 Å². The molecule has 0 spiro atoms. The predicted molar refractivity (Wildman–Crippen MR) is 148 cm³/mol. The molecular weight excluding hydrogens is 476 g/mol. The minimum absolute atomic E-state index is 0.343. The molecule has 1 N–H and O–H groups in total. The average molecular weight is 501 g/mol. The molecule has 0 atom stereocenters. The molecule has 0 aliphatic rings. The first-order valence-electron chi connectivity index (χ1n) is 12.1. The van der Waals surface area contributed by atoms with E-state index in [1.165, 1.54) is 6.21 Å². The number of nitrogens with one attached hydrogen (secondary N) is 1. The molecule has 0 bridgehead atoms. The van der Waals surface area contributed by atoms with Gasteiger partial charge >= 0.3 is 5.97 Å². The third-order valence-corrected chi connectivity index (χ3v) is 5.87. The number of rotatable bonds is 8. The molecule has 0 unspecified atom stereocenters. The maximum atomic E-state index is 12.7. The van der Waals surface area contributed by atoms with Crippen LogP contribution in [-0.2, 0) is 6.61 Å². The van der Waals surface area contributed by atoms with Crippen LogP contribution in [0.3, 0.4) is 0 Å². The molecule has 6 nitrogen and oxygen atoms in total. The SMILES string of the molecule is O=C(NN=Cc1c(OC(=O)c2ccccc2)ccc2ccccc12)c1ccc(OCc2ccccc2)cc1. The predicted octanol–water partition coefficient (Wildman–Crippen LogP) is 6.40. The number of hydrogen-bond acceptors (Lipinski definition) is 5. The standard InChI is InChI=1S/C32H24N2O4/c35-31(25-15-18-27(19-16-25)37-22-23-9-3-1-4-10-23)34-33-21-29-28-14-8-7-11-24(28)17-20-30(29)38-32(36)26-12-5-2-6-13-26/h1-21H,22H2,(H,34,35). The number of hydrazone groups is 1. The van der Waals surface area contributed by atoms with E-state index in [-0.39, 0.29) is 5.91 Å². The van der Waals surface area contributed by atoms with Gasteiger partial charge in [-0.15, -0.1) is 0 Å². The zero-order valence-corrected chi connectivity index (χ0v) is 20.4. The van der Waals surface area contributed by atoms with Gasteiger partial charge in [0, 0.05) is 11.1 Å². The van der Waals surface area contributed by atoms with Crippen LogP contribution in [-0.4, -0.2) is 18.1 Å². The van der Waals surface area contributed by atoms with Gasteiger partial charge in [-0.25, -0.2) is 10.2 Å². The summed E-state index contributed by atoms with van der Waals surface area (Å²) in [5.41, 5.74) is 5.06. The second kappa shape index (κ2) is 11.7. The second-order valence-electron chi connectivity index (χ2n) is 8.45. The Morgan fingerprint density at radius 2 is 1.39 bits per heavy atom. The number of esters is 1. The highest BCUT2D eigenvalue weighted by molar-refractivity contribution is 6.04. The molecule has 5 rings (SSSR count). The summed E-state index contributed by atoms with van der Waals surface area (Å²) in [7, 11) is 0. The Morgan fingerprint density at radius 3 is 2.16 bits per heavy atom. The highest BCUT2D eigenvalue weighted by Gasteiger charge is 2.13. The van der Waals surface area contributed by atoms with Crippen LogP contribution in [0.15, 0.2) is 126 Å². The lowest BCUT2D eigenvalue weighted by molar-refractivity contribution is 0.0734. The summed E-state index contributed by atoms with van der Waals surface area (Å²) in [5.74, 6) is 0.151. The van der Waals surface area contributed by atoms with Crippen molar-refractivity contribution in [2.75, 3.05) is 0 Å². The van der Waals surface area contributed by atoms with E-state index in [1.54, 1.807) is 54.6 Å². The smallest absolute Gasteiger partial charge is 0.343 e. The van der Waals surface area contributed by atoms with Crippen molar-refractivity contribution in [1.82, 2.24) is 5.43 Å². The highest BCUT2D eigenvalue weighted by atomic mass is 16.5. The zero-order chi connectivity index (χ0) is 26.2. The van der Waals surface area contributed by atoms with Crippen molar-refractivity contribution >= 4 is 28.9 Å². The van der Waals surface area contributed by atoms with Crippen molar-refractivity contribution in [3.05, 3.63) is 144 Å². The number of carbonyl (C=O) groups is 2. The first-order chi connectivity index (χ1) is 18.7. The van der Waals surface area contributed by atoms with Crippen LogP contribution in [0, 0.1) is 0 Å². The highest BCUT2D eigenvalue weighted by Crippen LogP contribution is 2.27. The summed E-state index contributed by atoms with van der Waals surface area (Å²) in [6.45, 7) is 0.443. The third kappa shape index (κ3) is 5.94. The number of nitrogens with zero attached hydrogens (tertiary/aromatic N) is 1. The Labute approximate surface area is 220 Å². The van der Waals surface area contributed by atoms with Crippen molar-refractivity contribution in [2.24, 2.45) is 5.10 Å². The van der Waals surface area contributed by atoms with Gasteiger partial charge in [0.2, 0.25) is 0 Å². The molecule has 0 aromatic heterocycles. The fraction of sp³-hybridized carbons (Fsp3) is 0.0312. The van der Waals surface area contributed by atoms with E-state index < -0.39 is 5.97 Å². The van der Waals surface area contributed by atoms with Gasteiger partial charge in [0.25, 0.3) is 5.91 Å². The van der Waals surface area contributed by atoms with Crippen molar-refractivity contribution in [2.45, 2.75) is 6.61 Å². The minimum Gasteiger partial charge on any atom is -0.489 e. The Balaban J connectivity index is 1.29. The van der Waals surface area contributed by atoms with E-state index in [4.69, 9.17) is 9.47 Å². The molecular formula is C32H24N2O4. The Kier molecular flexibility index (Phi) is 7.51. The largest absolute Gasteiger partial charge is 0.489 e. The van der Waals surface area contributed by atoms with E-state index in [0.29, 0.717) is 34.8 Å². The van der Waals surface area contributed by atoms with Crippen LogP contribution < -0.4 is 14.9 Å². The lowest BCUT2D eigenvalue weighted by Gasteiger charge is -2.10. The Bertz CT molecular complexity index is 1580. The lowest BCUT2D eigenvalue weighted by atomic mass is 10.0. The molecule has 5 aromatic rings. The summed E-state index contributed by atoms with van der Waals surface area (Å²) in [5, 5.41) is 5.95. The number of benzene rings is 5. The molecule has 0 fully saturated rings.